The third-order valence-electron chi connectivity index (χ3n) is 4.63. The molecule has 0 bridgehead atoms. The first-order valence-corrected chi connectivity index (χ1v) is 9.41. The fourth-order valence-corrected chi connectivity index (χ4v) is 3.03. The predicted molar refractivity (Wildman–Crippen MR) is 104 cm³/mol. The second-order valence-corrected chi connectivity index (χ2v) is 6.93. The van der Waals surface area contributed by atoms with Crippen LogP contribution in [-0.4, -0.2) is 66.8 Å². The zero-order valence-corrected chi connectivity index (χ0v) is 16.4. The Morgan fingerprint density at radius 3 is 2.37 bits per heavy atom. The van der Waals surface area contributed by atoms with Crippen molar-refractivity contribution >= 4 is 23.4 Å². The maximum atomic E-state index is 13.1. The number of anilines is 1. The van der Waals surface area contributed by atoms with E-state index in [0.717, 1.165) is 12.1 Å². The molecule has 1 fully saturated rings. The first-order chi connectivity index (χ1) is 14.3. The molecule has 1 saturated heterocycles. The van der Waals surface area contributed by atoms with Gasteiger partial charge in [-0.25, -0.2) is 8.78 Å². The van der Waals surface area contributed by atoms with Crippen molar-refractivity contribution < 1.29 is 27.6 Å². The van der Waals surface area contributed by atoms with Gasteiger partial charge < -0.3 is 20.0 Å². The molecule has 0 spiro atoms. The summed E-state index contributed by atoms with van der Waals surface area (Å²) < 4.78 is 31.4. The number of hydrogen-bond donors (Lipinski definition) is 2. The molecule has 0 atom stereocenters. The number of nitrogens with one attached hydrogen (secondary N) is 2. The second-order valence-electron chi connectivity index (χ2n) is 6.93. The van der Waals surface area contributed by atoms with Crippen LogP contribution in [0.4, 0.5) is 14.5 Å². The van der Waals surface area contributed by atoms with Crippen molar-refractivity contribution in [3.05, 3.63) is 53.5 Å². The second kappa shape index (κ2) is 9.49. The number of furan rings is 1. The van der Waals surface area contributed by atoms with Crippen LogP contribution in [0.15, 0.2) is 34.7 Å². The Labute approximate surface area is 171 Å². The molecular weight excluding hydrogens is 398 g/mol. The van der Waals surface area contributed by atoms with Gasteiger partial charge in [-0.3, -0.25) is 19.3 Å². The summed E-state index contributed by atoms with van der Waals surface area (Å²) in [6.45, 7) is 3.50. The van der Waals surface area contributed by atoms with E-state index in [2.05, 4.69) is 10.6 Å². The molecule has 10 heteroatoms. The molecule has 2 heterocycles. The Morgan fingerprint density at radius 1 is 1.00 bits per heavy atom. The largest absolute Gasteiger partial charge is 0.456 e. The van der Waals surface area contributed by atoms with Gasteiger partial charge in [0.25, 0.3) is 5.91 Å². The van der Waals surface area contributed by atoms with Gasteiger partial charge in [0, 0.05) is 37.9 Å². The molecular formula is C20H22F2N4O4. The average Bonchev–Trinajstić information content (AvgIpc) is 3.15. The minimum atomic E-state index is -1.07. The fraction of sp³-hybridized carbons (Fsp3) is 0.350. The molecule has 30 heavy (non-hydrogen) atoms. The Balaban J connectivity index is 1.38. The van der Waals surface area contributed by atoms with Gasteiger partial charge in [-0.05, 0) is 31.2 Å². The van der Waals surface area contributed by atoms with Crippen molar-refractivity contribution in [1.82, 2.24) is 15.1 Å². The molecule has 0 saturated carbocycles. The van der Waals surface area contributed by atoms with E-state index < -0.39 is 17.5 Å². The summed E-state index contributed by atoms with van der Waals surface area (Å²) in [6, 6.07) is 6.36. The van der Waals surface area contributed by atoms with Crippen molar-refractivity contribution in [1.29, 1.82) is 0 Å². The van der Waals surface area contributed by atoms with Crippen LogP contribution in [0.1, 0.15) is 16.3 Å². The predicted octanol–water partition coefficient (Wildman–Crippen LogP) is 1.38. The van der Waals surface area contributed by atoms with Crippen LogP contribution in [0.3, 0.4) is 0 Å². The van der Waals surface area contributed by atoms with E-state index in [4.69, 9.17) is 4.42 Å². The molecule has 0 aliphatic carbocycles. The summed E-state index contributed by atoms with van der Waals surface area (Å²) in [7, 11) is 0. The van der Waals surface area contributed by atoms with Gasteiger partial charge in [0.05, 0.1) is 13.1 Å². The Kier molecular flexibility index (Phi) is 6.78. The van der Waals surface area contributed by atoms with Gasteiger partial charge in [-0.15, -0.1) is 0 Å². The summed E-state index contributed by atoms with van der Waals surface area (Å²) in [5, 5.41) is 4.86. The van der Waals surface area contributed by atoms with Crippen molar-refractivity contribution in [3.8, 4) is 0 Å². The third-order valence-corrected chi connectivity index (χ3v) is 4.63. The van der Waals surface area contributed by atoms with Crippen molar-refractivity contribution in [3.63, 3.8) is 0 Å². The highest BCUT2D eigenvalue weighted by Gasteiger charge is 2.25. The molecule has 0 radical (unpaired) electrons. The zero-order chi connectivity index (χ0) is 21.7. The van der Waals surface area contributed by atoms with Crippen molar-refractivity contribution in [2.24, 2.45) is 0 Å². The highest BCUT2D eigenvalue weighted by Crippen LogP contribution is 2.13. The van der Waals surface area contributed by atoms with Crippen LogP contribution in [0.5, 0.6) is 0 Å². The number of aryl methyl sites for hydroxylation is 1. The van der Waals surface area contributed by atoms with Gasteiger partial charge >= 0.3 is 0 Å². The zero-order valence-electron chi connectivity index (χ0n) is 16.4. The molecule has 3 amide bonds. The number of benzene rings is 1. The normalized spacial score (nSPS) is 14.4. The van der Waals surface area contributed by atoms with E-state index in [-0.39, 0.29) is 30.6 Å². The Hall–Kier alpha value is -3.27. The SMILES string of the molecule is Cc1ccc(C(=O)N2CCN(CC(=O)NCC(=O)Nc3ccc(F)c(F)c3)CC2)o1. The molecule has 0 unspecified atom stereocenters. The quantitative estimate of drug-likeness (QED) is 0.736. The fourth-order valence-electron chi connectivity index (χ4n) is 3.03. The standard InChI is InChI=1S/C20H22F2N4O4/c1-13-2-5-17(30-13)20(29)26-8-6-25(7-9-26)12-19(28)23-11-18(27)24-14-3-4-15(21)16(22)10-14/h2-5,10H,6-9,11-12H2,1H3,(H,23,28)(H,24,27). The van der Waals surface area contributed by atoms with E-state index in [9.17, 15) is 23.2 Å². The number of nitrogens with zero attached hydrogens (tertiary/aromatic N) is 2. The number of carbonyl (C=O) groups is 3. The van der Waals surface area contributed by atoms with Gasteiger partial charge in [0.15, 0.2) is 17.4 Å². The molecule has 3 rings (SSSR count). The first-order valence-electron chi connectivity index (χ1n) is 9.41. The highest BCUT2D eigenvalue weighted by molar-refractivity contribution is 5.94. The smallest absolute Gasteiger partial charge is 0.289 e. The summed E-state index contributed by atoms with van der Waals surface area (Å²) in [4.78, 5) is 39.8. The molecule has 160 valence electrons. The first kappa shape index (κ1) is 21.4. The molecule has 2 N–H and O–H groups in total. The van der Waals surface area contributed by atoms with Crippen LogP contribution < -0.4 is 10.6 Å². The van der Waals surface area contributed by atoms with E-state index in [1.807, 2.05) is 4.90 Å². The summed E-state index contributed by atoms with van der Waals surface area (Å²) >= 11 is 0. The minimum absolute atomic E-state index is 0.0837. The van der Waals surface area contributed by atoms with Crippen LogP contribution in [0, 0.1) is 18.6 Å². The van der Waals surface area contributed by atoms with Crippen LogP contribution in [-0.2, 0) is 9.59 Å². The average molecular weight is 420 g/mol. The van der Waals surface area contributed by atoms with Crippen molar-refractivity contribution in [2.45, 2.75) is 6.92 Å². The minimum Gasteiger partial charge on any atom is -0.456 e. The number of amides is 3. The molecule has 1 aromatic carbocycles. The van der Waals surface area contributed by atoms with Gasteiger partial charge in [-0.1, -0.05) is 0 Å². The van der Waals surface area contributed by atoms with Crippen LogP contribution >= 0.6 is 0 Å². The lowest BCUT2D eigenvalue weighted by atomic mass is 10.2. The third kappa shape index (κ3) is 5.63. The molecule has 1 aliphatic rings. The molecule has 1 aliphatic heterocycles. The van der Waals surface area contributed by atoms with E-state index >= 15 is 0 Å². The number of carbonyl (C=O) groups excluding carboxylic acids is 3. The highest BCUT2D eigenvalue weighted by atomic mass is 19.2. The van der Waals surface area contributed by atoms with Crippen LogP contribution in [0.25, 0.3) is 0 Å². The number of piperazine rings is 1. The Bertz CT molecular complexity index is 939. The van der Waals surface area contributed by atoms with Gasteiger partial charge in [0.1, 0.15) is 5.76 Å². The van der Waals surface area contributed by atoms with Crippen molar-refractivity contribution in [2.75, 3.05) is 44.6 Å². The van der Waals surface area contributed by atoms with E-state index in [1.54, 1.807) is 24.0 Å². The molecule has 1 aromatic heterocycles. The lowest BCUT2D eigenvalue weighted by molar-refractivity contribution is -0.125. The van der Waals surface area contributed by atoms with E-state index in [0.29, 0.717) is 37.7 Å². The summed E-state index contributed by atoms with van der Waals surface area (Å²) in [5.41, 5.74) is 0.0979. The summed E-state index contributed by atoms with van der Waals surface area (Å²) in [5.74, 6) is -2.21. The monoisotopic (exact) mass is 420 g/mol. The topological polar surface area (TPSA) is 94.9 Å². The van der Waals surface area contributed by atoms with Gasteiger partial charge in [0.2, 0.25) is 11.8 Å². The van der Waals surface area contributed by atoms with E-state index in [1.165, 1.54) is 6.07 Å². The Morgan fingerprint density at radius 2 is 1.73 bits per heavy atom. The lowest BCUT2D eigenvalue weighted by Gasteiger charge is -2.33. The lowest BCUT2D eigenvalue weighted by Crippen LogP contribution is -2.51. The maximum Gasteiger partial charge on any atom is 0.289 e. The van der Waals surface area contributed by atoms with Crippen LogP contribution in [0.2, 0.25) is 0 Å². The summed E-state index contributed by atoms with van der Waals surface area (Å²) in [6.07, 6.45) is 0. The number of rotatable bonds is 6. The maximum absolute atomic E-state index is 13.1. The number of halogens is 2. The molecule has 2 aromatic rings. The number of hydrogen-bond acceptors (Lipinski definition) is 5. The van der Waals surface area contributed by atoms with Gasteiger partial charge in [-0.2, -0.15) is 0 Å². The molecule has 8 nitrogen and oxygen atoms in total.